The number of rotatable bonds is 7. The van der Waals surface area contributed by atoms with E-state index in [0.29, 0.717) is 11.3 Å². The zero-order valence-electron chi connectivity index (χ0n) is 17.9. The van der Waals surface area contributed by atoms with Crippen LogP contribution in [-0.4, -0.2) is 41.6 Å². The average Bonchev–Trinajstić information content (AvgIpc) is 3.36. The lowest BCUT2D eigenvalue weighted by molar-refractivity contribution is -0.130. The summed E-state index contributed by atoms with van der Waals surface area (Å²) in [6, 6.07) is 23.3. The van der Waals surface area contributed by atoms with Gasteiger partial charge in [-0.25, -0.2) is 4.79 Å². The van der Waals surface area contributed by atoms with Gasteiger partial charge in [0.1, 0.15) is 11.7 Å². The van der Waals surface area contributed by atoms with Gasteiger partial charge < -0.3 is 15.4 Å². The fourth-order valence-electron chi connectivity index (χ4n) is 3.42. The van der Waals surface area contributed by atoms with E-state index >= 15 is 0 Å². The number of ether oxygens (including phenoxy) is 1. The van der Waals surface area contributed by atoms with Gasteiger partial charge in [0, 0.05) is 12.6 Å². The molecule has 8 heteroatoms. The molecular formula is C25H22N4O4. The molecule has 0 radical (unpaired) electrons. The molecule has 8 nitrogen and oxygen atoms in total. The van der Waals surface area contributed by atoms with Crippen LogP contribution >= 0.6 is 0 Å². The van der Waals surface area contributed by atoms with Crippen LogP contribution in [0.1, 0.15) is 22.1 Å². The molecular weight excluding hydrogens is 420 g/mol. The van der Waals surface area contributed by atoms with Crippen LogP contribution in [0.5, 0.6) is 0 Å². The maximum absolute atomic E-state index is 12.4. The Hall–Kier alpha value is -4.46. The van der Waals surface area contributed by atoms with Crippen molar-refractivity contribution in [2.45, 2.75) is 6.04 Å². The third kappa shape index (κ3) is 5.07. The first kappa shape index (κ1) is 21.8. The second-order valence-corrected chi connectivity index (χ2v) is 7.33. The van der Waals surface area contributed by atoms with Crippen molar-refractivity contribution in [1.82, 2.24) is 20.8 Å². The number of aromatic nitrogens is 2. The third-order valence-corrected chi connectivity index (χ3v) is 5.12. The Morgan fingerprint density at radius 2 is 1.67 bits per heavy atom. The second kappa shape index (κ2) is 9.78. The Balaban J connectivity index is 1.39. The number of esters is 1. The van der Waals surface area contributed by atoms with E-state index in [1.807, 2.05) is 48.5 Å². The maximum Gasteiger partial charge on any atom is 0.356 e. The topological polar surface area (TPSA) is 113 Å². The maximum atomic E-state index is 12.4. The number of hydrogen-bond donors (Lipinski definition) is 3. The van der Waals surface area contributed by atoms with Gasteiger partial charge >= 0.3 is 5.97 Å². The summed E-state index contributed by atoms with van der Waals surface area (Å²) in [5, 5.41) is 14.1. The highest BCUT2D eigenvalue weighted by atomic mass is 16.5. The fraction of sp³-hybridized carbons (Fsp3) is 0.120. The van der Waals surface area contributed by atoms with Crippen molar-refractivity contribution in [2.24, 2.45) is 0 Å². The molecule has 4 rings (SSSR count). The molecule has 3 N–H and O–H groups in total. The number of nitrogens with zero attached hydrogens (tertiary/aromatic N) is 1. The van der Waals surface area contributed by atoms with Gasteiger partial charge in [-0.1, -0.05) is 66.7 Å². The van der Waals surface area contributed by atoms with Crippen molar-refractivity contribution in [3.05, 3.63) is 90.1 Å². The fourth-order valence-corrected chi connectivity index (χ4v) is 3.42. The first-order valence-electron chi connectivity index (χ1n) is 10.3. The number of carbonyl (C=O) groups excluding carboxylic acids is 3. The summed E-state index contributed by atoms with van der Waals surface area (Å²) in [5.41, 5.74) is 2.17. The minimum Gasteiger partial charge on any atom is -0.451 e. The molecule has 1 unspecified atom stereocenters. The molecule has 4 aromatic rings. The number of likely N-dealkylation sites (N-methyl/N-ethyl adjacent to an activating group) is 1. The van der Waals surface area contributed by atoms with Crippen molar-refractivity contribution >= 4 is 28.6 Å². The molecule has 0 aliphatic heterocycles. The number of benzene rings is 3. The molecule has 1 atom stereocenters. The molecule has 0 saturated carbocycles. The van der Waals surface area contributed by atoms with Gasteiger partial charge in [-0.2, -0.15) is 5.10 Å². The first-order valence-corrected chi connectivity index (χ1v) is 10.3. The van der Waals surface area contributed by atoms with E-state index in [9.17, 15) is 14.4 Å². The summed E-state index contributed by atoms with van der Waals surface area (Å²) in [5.74, 6) is -1.70. The molecule has 33 heavy (non-hydrogen) atoms. The van der Waals surface area contributed by atoms with Gasteiger partial charge in [-0.15, -0.1) is 0 Å². The minimum atomic E-state index is -0.894. The monoisotopic (exact) mass is 442 g/mol. The Kier molecular flexibility index (Phi) is 6.45. The summed E-state index contributed by atoms with van der Waals surface area (Å²) in [6.45, 7) is -0.538. The van der Waals surface area contributed by atoms with Crippen molar-refractivity contribution in [1.29, 1.82) is 0 Å². The minimum absolute atomic E-state index is 0.122. The summed E-state index contributed by atoms with van der Waals surface area (Å²) in [7, 11) is 1.48. The van der Waals surface area contributed by atoms with Crippen LogP contribution in [0.3, 0.4) is 0 Å². The zero-order valence-corrected chi connectivity index (χ0v) is 17.9. The van der Waals surface area contributed by atoms with Crippen LogP contribution < -0.4 is 10.6 Å². The summed E-state index contributed by atoms with van der Waals surface area (Å²) in [6.07, 6.45) is 0. The molecule has 0 saturated heterocycles. The average molecular weight is 442 g/mol. The lowest BCUT2D eigenvalue weighted by atomic mass is 10.1. The lowest BCUT2D eigenvalue weighted by Crippen LogP contribution is -2.40. The van der Waals surface area contributed by atoms with E-state index in [0.717, 1.165) is 16.3 Å². The normalized spacial score (nSPS) is 11.5. The van der Waals surface area contributed by atoms with Gasteiger partial charge in [0.25, 0.3) is 5.91 Å². The van der Waals surface area contributed by atoms with Crippen LogP contribution in [0.4, 0.5) is 0 Å². The number of H-pyrrole nitrogens is 1. The SMILES string of the molecule is CNC(=O)C(NC(=O)COC(=O)c1cc(-c2ccc3ccccc3c2)n[nH]1)c1ccccc1. The van der Waals surface area contributed by atoms with Crippen LogP contribution in [0.25, 0.3) is 22.0 Å². The first-order chi connectivity index (χ1) is 16.0. The van der Waals surface area contributed by atoms with Gasteiger partial charge in [-0.05, 0) is 28.5 Å². The van der Waals surface area contributed by atoms with Crippen molar-refractivity contribution in [3.63, 3.8) is 0 Å². The van der Waals surface area contributed by atoms with E-state index in [2.05, 4.69) is 20.8 Å². The van der Waals surface area contributed by atoms with Gasteiger partial charge in [0.2, 0.25) is 5.91 Å². The van der Waals surface area contributed by atoms with Crippen LogP contribution in [0.2, 0.25) is 0 Å². The third-order valence-electron chi connectivity index (χ3n) is 5.12. The Morgan fingerprint density at radius 1 is 0.939 bits per heavy atom. The highest BCUT2D eigenvalue weighted by Gasteiger charge is 2.22. The van der Waals surface area contributed by atoms with Gasteiger partial charge in [0.15, 0.2) is 6.61 Å². The van der Waals surface area contributed by atoms with Crippen LogP contribution in [-0.2, 0) is 14.3 Å². The molecule has 1 heterocycles. The summed E-state index contributed by atoms with van der Waals surface area (Å²) in [4.78, 5) is 36.9. The molecule has 0 fully saturated rings. The van der Waals surface area contributed by atoms with Crippen LogP contribution in [0, 0.1) is 0 Å². The highest BCUT2D eigenvalue weighted by molar-refractivity contribution is 5.93. The van der Waals surface area contributed by atoms with Crippen molar-refractivity contribution in [2.75, 3.05) is 13.7 Å². The molecule has 2 amide bonds. The molecule has 166 valence electrons. The van der Waals surface area contributed by atoms with E-state index in [-0.39, 0.29) is 11.6 Å². The quantitative estimate of drug-likeness (QED) is 0.381. The molecule has 0 aliphatic rings. The number of aromatic amines is 1. The Morgan fingerprint density at radius 3 is 2.42 bits per heavy atom. The zero-order chi connectivity index (χ0) is 23.2. The molecule has 3 aromatic carbocycles. The van der Waals surface area contributed by atoms with E-state index in [1.54, 1.807) is 30.3 Å². The largest absolute Gasteiger partial charge is 0.451 e. The van der Waals surface area contributed by atoms with E-state index in [1.165, 1.54) is 7.05 Å². The Labute approximate surface area is 190 Å². The number of fused-ring (bicyclic) bond motifs is 1. The van der Waals surface area contributed by atoms with E-state index < -0.39 is 24.5 Å². The molecule has 0 bridgehead atoms. The van der Waals surface area contributed by atoms with Crippen LogP contribution in [0.15, 0.2) is 78.9 Å². The van der Waals surface area contributed by atoms with Gasteiger partial charge in [0.05, 0.1) is 5.69 Å². The predicted molar refractivity (Wildman–Crippen MR) is 123 cm³/mol. The smallest absolute Gasteiger partial charge is 0.356 e. The summed E-state index contributed by atoms with van der Waals surface area (Å²) < 4.78 is 5.11. The van der Waals surface area contributed by atoms with E-state index in [4.69, 9.17) is 4.74 Å². The standard InChI is InChI=1S/C25H22N4O4/c1-26-24(31)23(17-8-3-2-4-9-17)27-22(30)15-33-25(32)21-14-20(28-29-21)19-12-11-16-7-5-6-10-18(16)13-19/h2-14,23H,15H2,1H3,(H,26,31)(H,27,30)(H,28,29). The second-order valence-electron chi connectivity index (χ2n) is 7.33. The predicted octanol–water partition coefficient (Wildman–Crippen LogP) is 2.99. The number of nitrogens with one attached hydrogen (secondary N) is 3. The summed E-state index contributed by atoms with van der Waals surface area (Å²) >= 11 is 0. The van der Waals surface area contributed by atoms with Gasteiger partial charge in [-0.3, -0.25) is 14.7 Å². The highest BCUT2D eigenvalue weighted by Crippen LogP contribution is 2.23. The number of hydrogen-bond acceptors (Lipinski definition) is 5. The number of amides is 2. The molecule has 0 spiro atoms. The van der Waals surface area contributed by atoms with Crippen molar-refractivity contribution < 1.29 is 19.1 Å². The molecule has 1 aromatic heterocycles. The number of carbonyl (C=O) groups is 3. The Bertz CT molecular complexity index is 1300. The lowest BCUT2D eigenvalue weighted by Gasteiger charge is -2.17. The molecule has 0 aliphatic carbocycles. The van der Waals surface area contributed by atoms with Crippen molar-refractivity contribution in [3.8, 4) is 11.3 Å².